The Morgan fingerprint density at radius 1 is 1.26 bits per heavy atom. The van der Waals surface area contributed by atoms with Crippen LogP contribution in [0, 0.1) is 0 Å². The fourth-order valence-corrected chi connectivity index (χ4v) is 2.90. The number of hydrogen-bond donors (Lipinski definition) is 0. The summed E-state index contributed by atoms with van der Waals surface area (Å²) >= 11 is 7.27. The van der Waals surface area contributed by atoms with E-state index in [1.165, 1.54) is 11.3 Å². The number of thiazole rings is 1. The van der Waals surface area contributed by atoms with Crippen molar-refractivity contribution < 1.29 is 4.79 Å². The number of carbonyl (C=O) groups is 1. The van der Waals surface area contributed by atoms with Crippen molar-refractivity contribution in [3.8, 4) is 0 Å². The van der Waals surface area contributed by atoms with E-state index in [1.54, 1.807) is 18.5 Å². The number of aromatic nitrogens is 2. The minimum Gasteiger partial charge on any atom is -0.291 e. The molecular formula is C14H9ClN2OS. The largest absolute Gasteiger partial charge is 0.291 e. The predicted octanol–water partition coefficient (Wildman–Crippen LogP) is 3.77. The molecule has 0 bridgehead atoms. The average Bonchev–Trinajstić information content (AvgIpc) is 2.82. The normalized spacial score (nSPS) is 10.8. The van der Waals surface area contributed by atoms with Gasteiger partial charge in [0, 0.05) is 18.8 Å². The summed E-state index contributed by atoms with van der Waals surface area (Å²) < 4.78 is 1.02. The number of hydrogen-bond acceptors (Lipinski definition) is 4. The summed E-state index contributed by atoms with van der Waals surface area (Å²) in [7, 11) is 0. The van der Waals surface area contributed by atoms with Crippen LogP contribution in [0.3, 0.4) is 0 Å². The molecule has 0 saturated heterocycles. The second-order valence-electron chi connectivity index (χ2n) is 4.10. The second kappa shape index (κ2) is 5.07. The average molecular weight is 289 g/mol. The Labute approximate surface area is 118 Å². The molecule has 0 fully saturated rings. The zero-order valence-electron chi connectivity index (χ0n) is 9.84. The zero-order valence-corrected chi connectivity index (χ0v) is 11.4. The Morgan fingerprint density at radius 3 is 2.89 bits per heavy atom. The van der Waals surface area contributed by atoms with E-state index in [1.807, 2.05) is 24.3 Å². The molecule has 0 aliphatic heterocycles. The van der Waals surface area contributed by atoms with Gasteiger partial charge in [-0.3, -0.25) is 9.78 Å². The first kappa shape index (κ1) is 12.3. The van der Waals surface area contributed by atoms with Crippen LogP contribution in [0.15, 0.2) is 42.7 Å². The summed E-state index contributed by atoms with van der Waals surface area (Å²) in [5, 5.41) is 1.07. The van der Waals surface area contributed by atoms with Crippen molar-refractivity contribution in [2.45, 2.75) is 6.42 Å². The van der Waals surface area contributed by atoms with Gasteiger partial charge in [0.05, 0.1) is 15.2 Å². The molecule has 3 nitrogen and oxygen atoms in total. The van der Waals surface area contributed by atoms with Crippen molar-refractivity contribution in [1.29, 1.82) is 0 Å². The van der Waals surface area contributed by atoms with E-state index in [0.717, 1.165) is 15.8 Å². The molecule has 0 aliphatic rings. The molecule has 94 valence electrons. The van der Waals surface area contributed by atoms with E-state index >= 15 is 0 Å². The number of fused-ring (bicyclic) bond motifs is 1. The van der Waals surface area contributed by atoms with Crippen LogP contribution in [0.4, 0.5) is 0 Å². The first-order valence-electron chi connectivity index (χ1n) is 5.70. The molecule has 0 saturated carbocycles. The van der Waals surface area contributed by atoms with Gasteiger partial charge in [0.1, 0.15) is 0 Å². The standard InChI is InChI=1S/C14H9ClN2OS/c15-10-5-9(7-16-8-10)6-12(18)14-17-11-3-1-2-4-13(11)19-14/h1-5,7-8H,6H2. The monoisotopic (exact) mass is 288 g/mol. The van der Waals surface area contributed by atoms with Crippen LogP contribution in [0.5, 0.6) is 0 Å². The molecule has 19 heavy (non-hydrogen) atoms. The highest BCUT2D eigenvalue weighted by Crippen LogP contribution is 2.23. The summed E-state index contributed by atoms with van der Waals surface area (Å²) in [4.78, 5) is 20.5. The number of ketones is 1. The van der Waals surface area contributed by atoms with E-state index in [2.05, 4.69) is 9.97 Å². The fourth-order valence-electron chi connectivity index (χ4n) is 1.81. The number of halogens is 1. The molecule has 0 unspecified atom stereocenters. The maximum absolute atomic E-state index is 12.2. The fraction of sp³-hybridized carbons (Fsp3) is 0.0714. The van der Waals surface area contributed by atoms with Crippen LogP contribution in [-0.4, -0.2) is 15.8 Å². The highest BCUT2D eigenvalue weighted by molar-refractivity contribution is 7.20. The topological polar surface area (TPSA) is 42.9 Å². The third kappa shape index (κ3) is 2.64. The van der Waals surface area contributed by atoms with Crippen LogP contribution in [0.1, 0.15) is 15.4 Å². The molecule has 0 atom stereocenters. The van der Waals surface area contributed by atoms with Crippen molar-refractivity contribution in [3.63, 3.8) is 0 Å². The quantitative estimate of drug-likeness (QED) is 0.689. The number of para-hydroxylation sites is 1. The molecule has 2 heterocycles. The molecule has 0 N–H and O–H groups in total. The predicted molar refractivity (Wildman–Crippen MR) is 76.9 cm³/mol. The summed E-state index contributed by atoms with van der Waals surface area (Å²) in [6, 6.07) is 9.47. The Kier molecular flexibility index (Phi) is 3.27. The van der Waals surface area contributed by atoms with Crippen molar-refractivity contribution >= 4 is 38.9 Å². The van der Waals surface area contributed by atoms with Crippen molar-refractivity contribution in [3.05, 3.63) is 58.3 Å². The molecule has 3 rings (SSSR count). The minimum atomic E-state index is -0.00901. The molecule has 3 aromatic rings. The number of nitrogens with zero attached hydrogens (tertiary/aromatic N) is 2. The van der Waals surface area contributed by atoms with Gasteiger partial charge in [0.25, 0.3) is 0 Å². The van der Waals surface area contributed by atoms with Gasteiger partial charge in [-0.05, 0) is 23.8 Å². The Balaban J connectivity index is 1.87. The number of rotatable bonds is 3. The highest BCUT2D eigenvalue weighted by Gasteiger charge is 2.13. The van der Waals surface area contributed by atoms with E-state index in [9.17, 15) is 4.79 Å². The van der Waals surface area contributed by atoms with Crippen LogP contribution in [-0.2, 0) is 6.42 Å². The minimum absolute atomic E-state index is 0.00901. The molecule has 5 heteroatoms. The summed E-state index contributed by atoms with van der Waals surface area (Å²) in [6.07, 6.45) is 3.47. The number of carbonyl (C=O) groups excluding carboxylic acids is 1. The first-order valence-corrected chi connectivity index (χ1v) is 6.90. The molecule has 1 aromatic carbocycles. The van der Waals surface area contributed by atoms with Crippen LogP contribution < -0.4 is 0 Å². The van der Waals surface area contributed by atoms with Gasteiger partial charge in [-0.25, -0.2) is 4.98 Å². The summed E-state index contributed by atoms with van der Waals surface area (Å²) in [5.74, 6) is -0.00901. The van der Waals surface area contributed by atoms with Gasteiger partial charge >= 0.3 is 0 Å². The lowest BCUT2D eigenvalue weighted by Crippen LogP contribution is -2.03. The third-order valence-electron chi connectivity index (χ3n) is 2.66. The van der Waals surface area contributed by atoms with Crippen LogP contribution in [0.2, 0.25) is 5.02 Å². The van der Waals surface area contributed by atoms with Gasteiger partial charge in [-0.2, -0.15) is 0 Å². The lowest BCUT2D eigenvalue weighted by Gasteiger charge is -1.98. The Hall–Kier alpha value is -1.78. The number of pyridine rings is 1. The van der Waals surface area contributed by atoms with E-state index in [-0.39, 0.29) is 12.2 Å². The summed E-state index contributed by atoms with van der Waals surface area (Å²) in [6.45, 7) is 0. The Morgan fingerprint density at radius 2 is 2.11 bits per heavy atom. The van der Waals surface area contributed by atoms with E-state index in [0.29, 0.717) is 10.0 Å². The maximum Gasteiger partial charge on any atom is 0.195 e. The molecular weight excluding hydrogens is 280 g/mol. The van der Waals surface area contributed by atoms with Crippen molar-refractivity contribution in [2.24, 2.45) is 0 Å². The second-order valence-corrected chi connectivity index (χ2v) is 5.57. The lowest BCUT2D eigenvalue weighted by molar-refractivity contribution is 0.0992. The smallest absolute Gasteiger partial charge is 0.195 e. The van der Waals surface area contributed by atoms with Crippen molar-refractivity contribution in [1.82, 2.24) is 9.97 Å². The zero-order chi connectivity index (χ0) is 13.2. The summed E-state index contributed by atoms with van der Waals surface area (Å²) in [5.41, 5.74) is 1.66. The van der Waals surface area contributed by atoms with Gasteiger partial charge in [-0.15, -0.1) is 11.3 Å². The number of benzene rings is 1. The van der Waals surface area contributed by atoms with Gasteiger partial charge in [-0.1, -0.05) is 23.7 Å². The SMILES string of the molecule is O=C(Cc1cncc(Cl)c1)c1nc2ccccc2s1. The van der Waals surface area contributed by atoms with Gasteiger partial charge in [0.15, 0.2) is 10.8 Å². The first-order chi connectivity index (χ1) is 9.22. The molecule has 0 spiro atoms. The van der Waals surface area contributed by atoms with Crippen molar-refractivity contribution in [2.75, 3.05) is 0 Å². The van der Waals surface area contributed by atoms with Gasteiger partial charge in [0.2, 0.25) is 0 Å². The Bertz CT molecular complexity index is 721. The van der Waals surface area contributed by atoms with Crippen LogP contribution in [0.25, 0.3) is 10.2 Å². The maximum atomic E-state index is 12.2. The van der Waals surface area contributed by atoms with Crippen LogP contribution >= 0.6 is 22.9 Å². The highest BCUT2D eigenvalue weighted by atomic mass is 35.5. The third-order valence-corrected chi connectivity index (χ3v) is 3.94. The van der Waals surface area contributed by atoms with E-state index < -0.39 is 0 Å². The number of Topliss-reactive ketones (excluding diaryl/α,β-unsaturated/α-hetero) is 1. The lowest BCUT2D eigenvalue weighted by atomic mass is 10.1. The molecule has 0 radical (unpaired) electrons. The molecule has 0 amide bonds. The van der Waals surface area contributed by atoms with E-state index in [4.69, 9.17) is 11.6 Å². The molecule has 0 aliphatic carbocycles. The molecule has 2 aromatic heterocycles. The van der Waals surface area contributed by atoms with Gasteiger partial charge < -0.3 is 0 Å².